The van der Waals surface area contributed by atoms with Crippen LogP contribution in [0.3, 0.4) is 0 Å². The first kappa shape index (κ1) is 17.3. The molecular formula is C17H18N2O5. The van der Waals surface area contributed by atoms with E-state index in [1.807, 2.05) is 0 Å². The Labute approximate surface area is 139 Å². The van der Waals surface area contributed by atoms with Crippen molar-refractivity contribution in [3.05, 3.63) is 58.1 Å². The summed E-state index contributed by atoms with van der Waals surface area (Å²) < 4.78 is 5.38. The maximum Gasteiger partial charge on any atom is 0.310 e. The van der Waals surface area contributed by atoms with Gasteiger partial charge < -0.3 is 15.2 Å². The van der Waals surface area contributed by atoms with Crippen LogP contribution in [0.5, 0.6) is 11.5 Å². The number of benzene rings is 2. The fourth-order valence-electron chi connectivity index (χ4n) is 2.15. The molecule has 0 aliphatic carbocycles. The number of ether oxygens (including phenoxy) is 1. The predicted octanol–water partition coefficient (Wildman–Crippen LogP) is 3.41. The zero-order valence-corrected chi connectivity index (χ0v) is 13.2. The minimum absolute atomic E-state index is 0.0957. The molecule has 1 amide bonds. The number of amides is 1. The molecule has 2 aromatic rings. The number of aryl methyl sites for hydroxylation is 1. The summed E-state index contributed by atoms with van der Waals surface area (Å²) >= 11 is 0. The Bertz CT molecular complexity index is 746. The number of rotatable bonds is 7. The van der Waals surface area contributed by atoms with Crippen LogP contribution in [0.15, 0.2) is 42.5 Å². The van der Waals surface area contributed by atoms with Crippen molar-refractivity contribution in [1.82, 2.24) is 0 Å². The van der Waals surface area contributed by atoms with E-state index >= 15 is 0 Å². The largest absolute Gasteiger partial charge is 0.508 e. The van der Waals surface area contributed by atoms with Gasteiger partial charge in [-0.15, -0.1) is 0 Å². The number of hydrogen-bond acceptors (Lipinski definition) is 5. The molecule has 0 fully saturated rings. The van der Waals surface area contributed by atoms with Gasteiger partial charge in [0.15, 0.2) is 5.75 Å². The van der Waals surface area contributed by atoms with Crippen molar-refractivity contribution in [3.8, 4) is 11.5 Å². The molecule has 0 heterocycles. The number of aromatic hydroxyl groups is 1. The average molecular weight is 330 g/mol. The number of carbonyl (C=O) groups excluding carboxylic acids is 1. The van der Waals surface area contributed by atoms with Crippen molar-refractivity contribution in [2.45, 2.75) is 19.8 Å². The van der Waals surface area contributed by atoms with Crippen molar-refractivity contribution in [1.29, 1.82) is 0 Å². The Morgan fingerprint density at radius 1 is 1.29 bits per heavy atom. The summed E-state index contributed by atoms with van der Waals surface area (Å²) in [5.74, 6) is 0.149. The molecule has 2 aromatic carbocycles. The highest BCUT2D eigenvalue weighted by atomic mass is 16.6. The Hall–Kier alpha value is -3.09. The van der Waals surface area contributed by atoms with Crippen molar-refractivity contribution >= 4 is 17.3 Å². The van der Waals surface area contributed by atoms with Gasteiger partial charge in [-0.1, -0.05) is 12.1 Å². The second kappa shape index (κ2) is 7.96. The van der Waals surface area contributed by atoms with E-state index in [-0.39, 0.29) is 36.1 Å². The van der Waals surface area contributed by atoms with Crippen LogP contribution in [0.4, 0.5) is 11.4 Å². The van der Waals surface area contributed by atoms with E-state index in [4.69, 9.17) is 4.74 Å². The SMILES string of the molecule is Cc1cc(O)ccc1NC(=O)CCCOc1ccccc1[N+](=O)[O-]. The molecule has 24 heavy (non-hydrogen) atoms. The molecule has 7 heteroatoms. The van der Waals surface area contributed by atoms with Gasteiger partial charge in [0.1, 0.15) is 5.75 Å². The molecule has 0 unspecified atom stereocenters. The van der Waals surface area contributed by atoms with Gasteiger partial charge in [0, 0.05) is 18.2 Å². The van der Waals surface area contributed by atoms with Crippen LogP contribution >= 0.6 is 0 Å². The number of nitro groups is 1. The van der Waals surface area contributed by atoms with E-state index in [0.29, 0.717) is 12.1 Å². The second-order valence-corrected chi connectivity index (χ2v) is 5.22. The normalized spacial score (nSPS) is 10.2. The van der Waals surface area contributed by atoms with Crippen molar-refractivity contribution in [2.75, 3.05) is 11.9 Å². The lowest BCUT2D eigenvalue weighted by atomic mass is 10.2. The Kier molecular flexibility index (Phi) is 5.73. The fourth-order valence-corrected chi connectivity index (χ4v) is 2.15. The fraction of sp³-hybridized carbons (Fsp3) is 0.235. The first-order chi connectivity index (χ1) is 11.5. The maximum atomic E-state index is 11.9. The van der Waals surface area contributed by atoms with E-state index < -0.39 is 4.92 Å². The lowest BCUT2D eigenvalue weighted by molar-refractivity contribution is -0.385. The lowest BCUT2D eigenvalue weighted by Gasteiger charge is -2.09. The van der Waals surface area contributed by atoms with Crippen molar-refractivity contribution in [2.24, 2.45) is 0 Å². The van der Waals surface area contributed by atoms with Crippen molar-refractivity contribution in [3.63, 3.8) is 0 Å². The minimum Gasteiger partial charge on any atom is -0.508 e. The van der Waals surface area contributed by atoms with E-state index in [0.717, 1.165) is 5.56 Å². The summed E-state index contributed by atoms with van der Waals surface area (Å²) in [7, 11) is 0. The summed E-state index contributed by atoms with van der Waals surface area (Å²) in [4.78, 5) is 22.3. The molecule has 0 saturated heterocycles. The van der Waals surface area contributed by atoms with Gasteiger partial charge in [0.05, 0.1) is 11.5 Å². The number of nitro benzene ring substituents is 1. The first-order valence-corrected chi connectivity index (χ1v) is 7.43. The summed E-state index contributed by atoms with van der Waals surface area (Å²) in [6.07, 6.45) is 0.649. The molecule has 0 radical (unpaired) electrons. The predicted molar refractivity (Wildman–Crippen MR) is 89.3 cm³/mol. The molecule has 2 rings (SSSR count). The van der Waals surface area contributed by atoms with Gasteiger partial charge in [-0.25, -0.2) is 0 Å². The zero-order valence-electron chi connectivity index (χ0n) is 13.2. The Morgan fingerprint density at radius 2 is 2.04 bits per heavy atom. The van der Waals surface area contributed by atoms with Crippen LogP contribution in [-0.4, -0.2) is 22.5 Å². The molecule has 0 aliphatic rings. The van der Waals surface area contributed by atoms with Gasteiger partial charge in [0.25, 0.3) is 0 Å². The molecule has 2 N–H and O–H groups in total. The highest BCUT2D eigenvalue weighted by Crippen LogP contribution is 2.26. The lowest BCUT2D eigenvalue weighted by Crippen LogP contribution is -2.13. The van der Waals surface area contributed by atoms with Gasteiger partial charge in [-0.2, -0.15) is 0 Å². The molecule has 0 spiro atoms. The van der Waals surface area contributed by atoms with Gasteiger partial charge in [-0.05, 0) is 43.2 Å². The molecule has 0 saturated carbocycles. The third-order valence-corrected chi connectivity index (χ3v) is 3.35. The first-order valence-electron chi connectivity index (χ1n) is 7.43. The Morgan fingerprint density at radius 3 is 2.75 bits per heavy atom. The number of phenolic OH excluding ortho intramolecular Hbond substituents is 1. The van der Waals surface area contributed by atoms with E-state index in [1.54, 1.807) is 31.2 Å². The molecule has 0 atom stereocenters. The summed E-state index contributed by atoms with van der Waals surface area (Å²) in [5.41, 5.74) is 1.30. The average Bonchev–Trinajstić information content (AvgIpc) is 2.54. The quantitative estimate of drug-likeness (QED) is 0.350. The van der Waals surface area contributed by atoms with Crippen LogP contribution in [0.1, 0.15) is 18.4 Å². The molecule has 0 aromatic heterocycles. The molecule has 7 nitrogen and oxygen atoms in total. The van der Waals surface area contributed by atoms with Gasteiger partial charge >= 0.3 is 5.69 Å². The van der Waals surface area contributed by atoms with Crippen molar-refractivity contribution < 1.29 is 19.6 Å². The third-order valence-electron chi connectivity index (χ3n) is 3.35. The number of nitrogens with zero attached hydrogens (tertiary/aromatic N) is 1. The van der Waals surface area contributed by atoms with Gasteiger partial charge in [-0.3, -0.25) is 14.9 Å². The summed E-state index contributed by atoms with van der Waals surface area (Å²) in [5, 5.41) is 23.0. The smallest absolute Gasteiger partial charge is 0.310 e. The van der Waals surface area contributed by atoms with Gasteiger partial charge in [0.2, 0.25) is 5.91 Å². The number of anilines is 1. The van der Waals surface area contributed by atoms with E-state index in [2.05, 4.69) is 5.32 Å². The van der Waals surface area contributed by atoms with E-state index in [9.17, 15) is 20.0 Å². The van der Waals surface area contributed by atoms with Crippen LogP contribution in [0, 0.1) is 17.0 Å². The topological polar surface area (TPSA) is 102 Å². The summed E-state index contributed by atoms with van der Waals surface area (Å²) in [6, 6.07) is 10.8. The maximum absolute atomic E-state index is 11.9. The molecule has 0 aliphatic heterocycles. The highest BCUT2D eigenvalue weighted by Gasteiger charge is 2.13. The van der Waals surface area contributed by atoms with Crippen LogP contribution in [-0.2, 0) is 4.79 Å². The number of carbonyl (C=O) groups is 1. The standard InChI is InChI=1S/C17H18N2O5/c1-12-11-13(20)8-9-14(12)18-17(21)7-4-10-24-16-6-3-2-5-15(16)19(22)23/h2-3,5-6,8-9,11,20H,4,7,10H2,1H3,(H,18,21). The molecular weight excluding hydrogens is 312 g/mol. The van der Waals surface area contributed by atoms with E-state index in [1.165, 1.54) is 18.2 Å². The molecule has 126 valence electrons. The zero-order chi connectivity index (χ0) is 17.5. The van der Waals surface area contributed by atoms with Crippen LogP contribution in [0.2, 0.25) is 0 Å². The molecule has 0 bridgehead atoms. The van der Waals surface area contributed by atoms with Crippen LogP contribution < -0.4 is 10.1 Å². The van der Waals surface area contributed by atoms with Crippen LogP contribution in [0.25, 0.3) is 0 Å². The third kappa shape index (κ3) is 4.70. The number of hydrogen-bond donors (Lipinski definition) is 2. The number of nitrogens with one attached hydrogen (secondary N) is 1. The summed E-state index contributed by atoms with van der Waals surface area (Å²) in [6.45, 7) is 1.99. The monoisotopic (exact) mass is 330 g/mol. The number of para-hydroxylation sites is 2. The minimum atomic E-state index is -0.504. The highest BCUT2D eigenvalue weighted by molar-refractivity contribution is 5.91. The Balaban J connectivity index is 1.80. The number of phenols is 1. The second-order valence-electron chi connectivity index (χ2n) is 5.22.